The number of hydrogen-bond donors (Lipinski definition) is 3. The largest absolute Gasteiger partial charge is 0.507 e. The monoisotopic (exact) mass is 345 g/mol. The Hall–Kier alpha value is -2.10. The molecule has 2 rings (SSSR count). The van der Waals surface area contributed by atoms with Gasteiger partial charge in [0, 0.05) is 25.1 Å². The first-order chi connectivity index (χ1) is 11.7. The lowest BCUT2D eigenvalue weighted by atomic mass is 9.92. The molecule has 6 heteroatoms. The number of nitrogens with zero attached hydrogens (tertiary/aromatic N) is 2. The fourth-order valence-electron chi connectivity index (χ4n) is 3.09. The fraction of sp³-hybridized carbons (Fsp3) is 0.579. The lowest BCUT2D eigenvalue weighted by Gasteiger charge is -2.35. The van der Waals surface area contributed by atoms with Gasteiger partial charge in [0.25, 0.3) is 0 Å². The van der Waals surface area contributed by atoms with Crippen LogP contribution in [0.4, 0.5) is 0 Å². The van der Waals surface area contributed by atoms with Gasteiger partial charge in [-0.2, -0.15) is 5.26 Å². The van der Waals surface area contributed by atoms with Gasteiger partial charge in [-0.1, -0.05) is 19.9 Å². The molecule has 1 aliphatic heterocycles. The minimum absolute atomic E-state index is 0.0121. The molecule has 25 heavy (non-hydrogen) atoms. The van der Waals surface area contributed by atoms with E-state index in [9.17, 15) is 15.0 Å². The lowest BCUT2D eigenvalue weighted by molar-refractivity contribution is -0.131. The first-order valence-corrected chi connectivity index (χ1v) is 8.58. The fourth-order valence-corrected chi connectivity index (χ4v) is 3.09. The standard InChI is InChI=1S/C19H27N3O3/c1-18(2,13-23)12-21-17(25)19(3)7-4-8-22(19)11-14-5-6-16(24)15(9-14)10-20/h5-6,9,23-24H,4,7-8,11-13H2,1-3H3,(H,21,25). The molecule has 3 N–H and O–H groups in total. The highest BCUT2D eigenvalue weighted by Crippen LogP contribution is 2.31. The minimum atomic E-state index is -0.615. The van der Waals surface area contributed by atoms with Crippen molar-refractivity contribution in [2.75, 3.05) is 19.7 Å². The smallest absolute Gasteiger partial charge is 0.240 e. The maximum atomic E-state index is 12.8. The molecule has 0 aromatic heterocycles. The highest BCUT2D eigenvalue weighted by Gasteiger charge is 2.43. The molecule has 1 fully saturated rings. The van der Waals surface area contributed by atoms with Crippen LogP contribution in [-0.4, -0.2) is 46.3 Å². The van der Waals surface area contributed by atoms with Gasteiger partial charge in [0.05, 0.1) is 11.1 Å². The van der Waals surface area contributed by atoms with Gasteiger partial charge in [-0.05, 0) is 44.0 Å². The summed E-state index contributed by atoms with van der Waals surface area (Å²) in [4.78, 5) is 14.9. The van der Waals surface area contributed by atoms with Crippen LogP contribution in [0.2, 0.25) is 0 Å². The molecule has 1 amide bonds. The van der Waals surface area contributed by atoms with E-state index >= 15 is 0 Å². The minimum Gasteiger partial charge on any atom is -0.507 e. The third-order valence-electron chi connectivity index (χ3n) is 4.99. The number of phenols is 1. The maximum absolute atomic E-state index is 12.8. The topological polar surface area (TPSA) is 96.6 Å². The number of rotatable bonds is 6. The molecule has 1 aromatic carbocycles. The number of carbonyl (C=O) groups excluding carboxylic acids is 1. The van der Waals surface area contributed by atoms with Crippen LogP contribution in [-0.2, 0) is 11.3 Å². The third kappa shape index (κ3) is 4.30. The normalized spacial score (nSPS) is 21.1. The van der Waals surface area contributed by atoms with Gasteiger partial charge in [0.2, 0.25) is 5.91 Å². The molecule has 0 radical (unpaired) electrons. The molecule has 0 spiro atoms. The molecular formula is C19H27N3O3. The van der Waals surface area contributed by atoms with Crippen LogP contribution in [0.25, 0.3) is 0 Å². The van der Waals surface area contributed by atoms with E-state index in [0.717, 1.165) is 24.9 Å². The molecular weight excluding hydrogens is 318 g/mol. The van der Waals surface area contributed by atoms with Crippen molar-refractivity contribution in [3.8, 4) is 11.8 Å². The molecule has 136 valence electrons. The Balaban J connectivity index is 2.10. The molecule has 0 aliphatic carbocycles. The molecule has 1 saturated heterocycles. The van der Waals surface area contributed by atoms with E-state index in [4.69, 9.17) is 5.26 Å². The Morgan fingerprint density at radius 3 is 2.84 bits per heavy atom. The van der Waals surface area contributed by atoms with Crippen molar-refractivity contribution in [3.05, 3.63) is 29.3 Å². The molecule has 1 atom stereocenters. The Bertz CT molecular complexity index is 681. The summed E-state index contributed by atoms with van der Waals surface area (Å²) < 4.78 is 0. The van der Waals surface area contributed by atoms with Gasteiger partial charge >= 0.3 is 0 Å². The van der Waals surface area contributed by atoms with Gasteiger partial charge in [0.1, 0.15) is 11.8 Å². The molecule has 1 aliphatic rings. The Kier molecular flexibility index (Phi) is 5.71. The van der Waals surface area contributed by atoms with E-state index in [1.165, 1.54) is 6.07 Å². The molecule has 0 saturated carbocycles. The van der Waals surface area contributed by atoms with Crippen LogP contribution in [0.15, 0.2) is 18.2 Å². The summed E-state index contributed by atoms with van der Waals surface area (Å²) in [6, 6.07) is 6.94. The Morgan fingerprint density at radius 2 is 2.20 bits per heavy atom. The SMILES string of the molecule is CC(C)(CO)CNC(=O)C1(C)CCCN1Cc1ccc(O)c(C#N)c1. The summed E-state index contributed by atoms with van der Waals surface area (Å²) in [6.45, 7) is 7.52. The molecule has 0 bridgehead atoms. The van der Waals surface area contributed by atoms with Gasteiger partial charge in [-0.3, -0.25) is 9.69 Å². The predicted octanol–water partition coefficient (Wildman–Crippen LogP) is 1.75. The quantitative estimate of drug-likeness (QED) is 0.730. The average Bonchev–Trinajstić information content (AvgIpc) is 2.96. The number of nitriles is 1. The number of amides is 1. The van der Waals surface area contributed by atoms with Crippen molar-refractivity contribution in [1.82, 2.24) is 10.2 Å². The third-order valence-corrected chi connectivity index (χ3v) is 4.99. The Labute approximate surface area is 149 Å². The summed E-state index contributed by atoms with van der Waals surface area (Å²) >= 11 is 0. The number of nitrogens with one attached hydrogen (secondary N) is 1. The van der Waals surface area contributed by atoms with E-state index in [2.05, 4.69) is 10.2 Å². The summed E-state index contributed by atoms with van der Waals surface area (Å²) in [5.41, 5.74) is 0.170. The second-order valence-electron chi connectivity index (χ2n) is 7.77. The van der Waals surface area contributed by atoms with Crippen molar-refractivity contribution in [2.24, 2.45) is 5.41 Å². The first kappa shape index (κ1) is 19.2. The molecule has 6 nitrogen and oxygen atoms in total. The van der Waals surface area contributed by atoms with Crippen molar-refractivity contribution < 1.29 is 15.0 Å². The van der Waals surface area contributed by atoms with Crippen LogP contribution in [0, 0.1) is 16.7 Å². The average molecular weight is 345 g/mol. The number of aromatic hydroxyl groups is 1. The number of hydrogen-bond acceptors (Lipinski definition) is 5. The summed E-state index contributed by atoms with van der Waals surface area (Å²) in [5.74, 6) is -0.0646. The van der Waals surface area contributed by atoms with E-state index in [0.29, 0.717) is 13.1 Å². The van der Waals surface area contributed by atoms with Crippen LogP contribution in [0.3, 0.4) is 0 Å². The van der Waals surface area contributed by atoms with Crippen molar-refractivity contribution in [1.29, 1.82) is 5.26 Å². The first-order valence-electron chi connectivity index (χ1n) is 8.58. The zero-order chi connectivity index (χ0) is 18.7. The van der Waals surface area contributed by atoms with Crippen LogP contribution < -0.4 is 5.32 Å². The van der Waals surface area contributed by atoms with Gasteiger partial charge in [0.15, 0.2) is 0 Å². The van der Waals surface area contributed by atoms with Crippen molar-refractivity contribution >= 4 is 5.91 Å². The zero-order valence-electron chi connectivity index (χ0n) is 15.2. The second-order valence-corrected chi connectivity index (χ2v) is 7.77. The summed E-state index contributed by atoms with van der Waals surface area (Å²) in [5, 5.41) is 31.0. The molecule has 1 aromatic rings. The van der Waals surface area contributed by atoms with Crippen molar-refractivity contribution in [2.45, 2.75) is 45.7 Å². The van der Waals surface area contributed by atoms with Crippen LogP contribution in [0.1, 0.15) is 44.7 Å². The highest BCUT2D eigenvalue weighted by atomic mass is 16.3. The van der Waals surface area contributed by atoms with E-state index in [1.807, 2.05) is 26.8 Å². The van der Waals surface area contributed by atoms with Gasteiger partial charge in [-0.25, -0.2) is 0 Å². The summed E-state index contributed by atoms with van der Waals surface area (Å²) in [6.07, 6.45) is 1.69. The van der Waals surface area contributed by atoms with E-state index < -0.39 is 5.54 Å². The summed E-state index contributed by atoms with van der Waals surface area (Å²) in [7, 11) is 0. The van der Waals surface area contributed by atoms with Crippen molar-refractivity contribution in [3.63, 3.8) is 0 Å². The number of aliphatic hydroxyl groups is 1. The number of phenolic OH excluding ortho intramolecular Hbond substituents is 1. The van der Waals surface area contributed by atoms with E-state index in [1.54, 1.807) is 12.1 Å². The Morgan fingerprint density at radius 1 is 1.48 bits per heavy atom. The maximum Gasteiger partial charge on any atom is 0.240 e. The lowest BCUT2D eigenvalue weighted by Crippen LogP contribution is -2.54. The molecule has 1 heterocycles. The van der Waals surface area contributed by atoms with Crippen LogP contribution in [0.5, 0.6) is 5.75 Å². The zero-order valence-corrected chi connectivity index (χ0v) is 15.2. The van der Waals surface area contributed by atoms with Gasteiger partial charge < -0.3 is 15.5 Å². The second kappa shape index (κ2) is 7.42. The molecule has 1 unspecified atom stereocenters. The van der Waals surface area contributed by atoms with E-state index in [-0.39, 0.29) is 29.2 Å². The number of carbonyl (C=O) groups is 1. The van der Waals surface area contributed by atoms with Gasteiger partial charge in [-0.15, -0.1) is 0 Å². The number of likely N-dealkylation sites (tertiary alicyclic amines) is 1. The van der Waals surface area contributed by atoms with Crippen LogP contribution >= 0.6 is 0 Å². The number of aliphatic hydroxyl groups excluding tert-OH is 1. The highest BCUT2D eigenvalue weighted by molar-refractivity contribution is 5.86. The predicted molar refractivity (Wildman–Crippen MR) is 94.7 cm³/mol. The number of benzene rings is 1.